The van der Waals surface area contributed by atoms with Crippen LogP contribution in [0.5, 0.6) is 0 Å². The molecule has 0 amide bonds. The van der Waals surface area contributed by atoms with Crippen molar-refractivity contribution in [2.45, 2.75) is 31.7 Å². The fourth-order valence-corrected chi connectivity index (χ4v) is 2.46. The van der Waals surface area contributed by atoms with Crippen LogP contribution in [0.1, 0.15) is 25.7 Å². The van der Waals surface area contributed by atoms with Gasteiger partial charge in [0.05, 0.1) is 13.2 Å². The number of rotatable bonds is 7. The molecule has 1 aliphatic rings. The van der Waals surface area contributed by atoms with Crippen molar-refractivity contribution in [2.24, 2.45) is 0 Å². The van der Waals surface area contributed by atoms with Crippen LogP contribution in [0.15, 0.2) is 0 Å². The molecule has 2 N–H and O–H groups in total. The van der Waals surface area contributed by atoms with Crippen LogP contribution in [0.4, 0.5) is 0 Å². The van der Waals surface area contributed by atoms with E-state index in [1.54, 1.807) is 0 Å². The SMILES string of the molecule is CN1CCCCC1CCN(CCO)CCO. The Morgan fingerprint density at radius 3 is 2.38 bits per heavy atom. The highest BCUT2D eigenvalue weighted by molar-refractivity contribution is 4.75. The van der Waals surface area contributed by atoms with Gasteiger partial charge in [-0.15, -0.1) is 0 Å². The van der Waals surface area contributed by atoms with Gasteiger partial charge in [0, 0.05) is 19.1 Å². The molecular formula is C12H26N2O2. The second kappa shape index (κ2) is 8.01. The molecular weight excluding hydrogens is 204 g/mol. The Morgan fingerprint density at radius 1 is 1.12 bits per heavy atom. The maximum absolute atomic E-state index is 8.92. The van der Waals surface area contributed by atoms with Crippen molar-refractivity contribution < 1.29 is 10.2 Å². The average Bonchev–Trinajstić information content (AvgIpc) is 2.28. The summed E-state index contributed by atoms with van der Waals surface area (Å²) in [6.45, 7) is 3.91. The predicted molar refractivity (Wildman–Crippen MR) is 65.5 cm³/mol. The molecule has 1 saturated heterocycles. The minimum absolute atomic E-state index is 0.181. The van der Waals surface area contributed by atoms with E-state index in [0.29, 0.717) is 19.1 Å². The molecule has 0 aromatic carbocycles. The number of likely N-dealkylation sites (tertiary alicyclic amines) is 1. The Bertz CT molecular complexity index is 172. The Balaban J connectivity index is 2.23. The van der Waals surface area contributed by atoms with Crippen LogP contribution in [0.2, 0.25) is 0 Å². The second-order valence-corrected chi connectivity index (χ2v) is 4.71. The van der Waals surface area contributed by atoms with Crippen molar-refractivity contribution in [3.05, 3.63) is 0 Å². The number of aliphatic hydroxyl groups excluding tert-OH is 2. The third-order valence-corrected chi connectivity index (χ3v) is 3.53. The summed E-state index contributed by atoms with van der Waals surface area (Å²) >= 11 is 0. The summed E-state index contributed by atoms with van der Waals surface area (Å²) < 4.78 is 0. The topological polar surface area (TPSA) is 46.9 Å². The Morgan fingerprint density at radius 2 is 1.81 bits per heavy atom. The first-order chi connectivity index (χ1) is 7.77. The molecule has 0 radical (unpaired) electrons. The minimum atomic E-state index is 0.181. The van der Waals surface area contributed by atoms with Gasteiger partial charge in [-0.1, -0.05) is 6.42 Å². The number of piperidine rings is 1. The Hall–Kier alpha value is -0.160. The lowest BCUT2D eigenvalue weighted by atomic mass is 10.00. The number of aliphatic hydroxyl groups is 2. The standard InChI is InChI=1S/C12H26N2O2/c1-13-6-3-2-4-12(13)5-7-14(8-10-15)9-11-16/h12,15-16H,2-11H2,1H3. The van der Waals surface area contributed by atoms with Crippen molar-refractivity contribution in [1.82, 2.24) is 9.80 Å². The lowest BCUT2D eigenvalue weighted by Crippen LogP contribution is -2.40. The highest BCUT2D eigenvalue weighted by Gasteiger charge is 2.19. The third-order valence-electron chi connectivity index (χ3n) is 3.53. The van der Waals surface area contributed by atoms with E-state index in [4.69, 9.17) is 10.2 Å². The van der Waals surface area contributed by atoms with Gasteiger partial charge in [0.25, 0.3) is 0 Å². The smallest absolute Gasteiger partial charge is 0.0558 e. The molecule has 96 valence electrons. The van der Waals surface area contributed by atoms with E-state index < -0.39 is 0 Å². The molecule has 0 aliphatic carbocycles. The lowest BCUT2D eigenvalue weighted by molar-refractivity contribution is 0.127. The van der Waals surface area contributed by atoms with Gasteiger partial charge in [0.15, 0.2) is 0 Å². The van der Waals surface area contributed by atoms with Gasteiger partial charge in [-0.2, -0.15) is 0 Å². The first-order valence-corrected chi connectivity index (χ1v) is 6.42. The maximum Gasteiger partial charge on any atom is 0.0558 e. The first-order valence-electron chi connectivity index (χ1n) is 6.42. The van der Waals surface area contributed by atoms with E-state index in [9.17, 15) is 0 Å². The van der Waals surface area contributed by atoms with Crippen LogP contribution < -0.4 is 0 Å². The third kappa shape index (κ3) is 4.78. The lowest BCUT2D eigenvalue weighted by Gasteiger charge is -2.34. The molecule has 0 bridgehead atoms. The molecule has 0 saturated carbocycles. The number of hydrogen-bond donors (Lipinski definition) is 2. The molecule has 0 aromatic rings. The quantitative estimate of drug-likeness (QED) is 0.653. The largest absolute Gasteiger partial charge is 0.395 e. The van der Waals surface area contributed by atoms with Gasteiger partial charge in [0.1, 0.15) is 0 Å². The van der Waals surface area contributed by atoms with Gasteiger partial charge in [-0.05, 0) is 39.4 Å². The fraction of sp³-hybridized carbons (Fsp3) is 1.00. The van der Waals surface area contributed by atoms with E-state index in [1.165, 1.54) is 25.8 Å². The summed E-state index contributed by atoms with van der Waals surface area (Å²) in [5.41, 5.74) is 0. The molecule has 4 heteroatoms. The zero-order valence-electron chi connectivity index (χ0n) is 10.4. The van der Waals surface area contributed by atoms with Crippen LogP contribution in [0.25, 0.3) is 0 Å². The van der Waals surface area contributed by atoms with Gasteiger partial charge in [-0.25, -0.2) is 0 Å². The number of hydrogen-bond acceptors (Lipinski definition) is 4. The van der Waals surface area contributed by atoms with Crippen LogP contribution in [-0.2, 0) is 0 Å². The zero-order chi connectivity index (χ0) is 11.8. The monoisotopic (exact) mass is 230 g/mol. The van der Waals surface area contributed by atoms with Crippen LogP contribution in [0, 0.1) is 0 Å². The van der Waals surface area contributed by atoms with E-state index in [-0.39, 0.29) is 13.2 Å². The molecule has 1 rings (SSSR count). The first kappa shape index (κ1) is 13.9. The van der Waals surface area contributed by atoms with Gasteiger partial charge in [-0.3, -0.25) is 4.90 Å². The molecule has 0 spiro atoms. The summed E-state index contributed by atoms with van der Waals surface area (Å²) in [7, 11) is 2.20. The van der Waals surface area contributed by atoms with Gasteiger partial charge < -0.3 is 15.1 Å². The molecule has 0 aromatic heterocycles. The van der Waals surface area contributed by atoms with Crippen LogP contribution in [0.3, 0.4) is 0 Å². The molecule has 1 atom stereocenters. The van der Waals surface area contributed by atoms with Crippen molar-refractivity contribution in [2.75, 3.05) is 46.4 Å². The molecule has 4 nitrogen and oxygen atoms in total. The van der Waals surface area contributed by atoms with E-state index in [0.717, 1.165) is 13.0 Å². The van der Waals surface area contributed by atoms with E-state index >= 15 is 0 Å². The van der Waals surface area contributed by atoms with Gasteiger partial charge >= 0.3 is 0 Å². The molecule has 1 aliphatic heterocycles. The zero-order valence-corrected chi connectivity index (χ0v) is 10.4. The van der Waals surface area contributed by atoms with Crippen LogP contribution in [-0.4, -0.2) is 72.5 Å². The maximum atomic E-state index is 8.92. The Labute approximate surface area is 98.9 Å². The molecule has 1 fully saturated rings. The predicted octanol–water partition coefficient (Wildman–Crippen LogP) is 0.147. The molecule has 1 heterocycles. The number of nitrogens with zero attached hydrogens (tertiary/aromatic N) is 2. The van der Waals surface area contributed by atoms with Crippen LogP contribution >= 0.6 is 0 Å². The summed E-state index contributed by atoms with van der Waals surface area (Å²) in [4.78, 5) is 4.59. The van der Waals surface area contributed by atoms with Crippen molar-refractivity contribution in [3.63, 3.8) is 0 Å². The van der Waals surface area contributed by atoms with Crippen molar-refractivity contribution in [3.8, 4) is 0 Å². The van der Waals surface area contributed by atoms with E-state index in [2.05, 4.69) is 16.8 Å². The summed E-state index contributed by atoms with van der Waals surface area (Å²) in [5.74, 6) is 0. The minimum Gasteiger partial charge on any atom is -0.395 e. The normalized spacial score (nSPS) is 22.9. The van der Waals surface area contributed by atoms with Crippen molar-refractivity contribution >= 4 is 0 Å². The highest BCUT2D eigenvalue weighted by Crippen LogP contribution is 2.17. The average molecular weight is 230 g/mol. The molecule has 16 heavy (non-hydrogen) atoms. The summed E-state index contributed by atoms with van der Waals surface area (Å²) in [6, 6.07) is 0.689. The second-order valence-electron chi connectivity index (χ2n) is 4.71. The fourth-order valence-electron chi connectivity index (χ4n) is 2.46. The summed E-state index contributed by atoms with van der Waals surface area (Å²) in [6.07, 6.45) is 5.11. The highest BCUT2D eigenvalue weighted by atomic mass is 16.3. The Kier molecular flexibility index (Phi) is 6.96. The van der Waals surface area contributed by atoms with Crippen molar-refractivity contribution in [1.29, 1.82) is 0 Å². The van der Waals surface area contributed by atoms with Gasteiger partial charge in [0.2, 0.25) is 0 Å². The van der Waals surface area contributed by atoms with E-state index in [1.807, 2.05) is 0 Å². The molecule has 1 unspecified atom stereocenters. The summed E-state index contributed by atoms with van der Waals surface area (Å²) in [5, 5.41) is 17.8.